The van der Waals surface area contributed by atoms with E-state index in [0.29, 0.717) is 15.7 Å². The van der Waals surface area contributed by atoms with E-state index in [1.54, 1.807) is 31.3 Å². The molecular weight excluding hydrogens is 325 g/mol. The average molecular weight is 338 g/mol. The van der Waals surface area contributed by atoms with E-state index in [2.05, 4.69) is 31.5 Å². The predicted octanol–water partition coefficient (Wildman–Crippen LogP) is 4.24. The van der Waals surface area contributed by atoms with Gasteiger partial charge in [0.15, 0.2) is 0 Å². The van der Waals surface area contributed by atoms with Gasteiger partial charge in [-0.05, 0) is 47.5 Å². The smallest absolute Gasteiger partial charge is 0.306 e. The van der Waals surface area contributed by atoms with Crippen LogP contribution < -0.4 is 10.6 Å². The molecule has 1 aromatic heterocycles. The summed E-state index contributed by atoms with van der Waals surface area (Å²) in [5.41, 5.74) is 1.96. The van der Waals surface area contributed by atoms with Gasteiger partial charge in [-0.2, -0.15) is 0 Å². The minimum atomic E-state index is -0.513. The Morgan fingerprint density at radius 1 is 1.25 bits per heavy atom. The largest absolute Gasteiger partial charge is 0.323 e. The fraction of sp³-hybridized carbons (Fsp3) is 0.143. The molecule has 2 aromatic rings. The lowest BCUT2D eigenvalue weighted by atomic mass is 10.2. The molecule has 2 amide bonds. The second-order valence-electron chi connectivity index (χ2n) is 4.32. The van der Waals surface area contributed by atoms with Gasteiger partial charge in [0, 0.05) is 11.9 Å². The Morgan fingerprint density at radius 3 is 2.70 bits per heavy atom. The molecule has 0 saturated heterocycles. The third-order valence-electron chi connectivity index (χ3n) is 2.68. The molecule has 0 unspecified atom stereocenters. The Morgan fingerprint density at radius 2 is 1.95 bits per heavy atom. The van der Waals surface area contributed by atoms with E-state index in [-0.39, 0.29) is 5.69 Å². The summed E-state index contributed by atoms with van der Waals surface area (Å²) in [6.07, 6.45) is 1.60. The first kappa shape index (κ1) is 14.5. The maximum absolute atomic E-state index is 13.8. The fourth-order valence-corrected chi connectivity index (χ4v) is 1.97. The van der Waals surface area contributed by atoms with Crippen LogP contribution in [0.15, 0.2) is 34.9 Å². The first-order chi connectivity index (χ1) is 9.47. The number of nitrogens with zero attached hydrogens (tertiary/aromatic N) is 1. The highest BCUT2D eigenvalue weighted by Crippen LogP contribution is 2.22. The number of rotatable bonds is 2. The summed E-state index contributed by atoms with van der Waals surface area (Å²) in [4.78, 5) is 16.0. The Bertz CT molecular complexity index is 655. The number of carbonyl (C=O) groups excluding carboxylic acids is 1. The molecule has 0 fully saturated rings. The van der Waals surface area contributed by atoms with Crippen molar-refractivity contribution in [2.24, 2.45) is 0 Å². The highest BCUT2D eigenvalue weighted by molar-refractivity contribution is 9.10. The van der Waals surface area contributed by atoms with Crippen molar-refractivity contribution in [1.82, 2.24) is 4.98 Å². The summed E-state index contributed by atoms with van der Waals surface area (Å²) in [7, 11) is 0. The van der Waals surface area contributed by atoms with Crippen LogP contribution in [-0.2, 0) is 0 Å². The molecule has 0 radical (unpaired) electrons. The molecule has 0 saturated carbocycles. The third-order valence-corrected chi connectivity index (χ3v) is 3.31. The maximum Gasteiger partial charge on any atom is 0.323 e. The molecule has 4 nitrogen and oxygen atoms in total. The highest BCUT2D eigenvalue weighted by Gasteiger charge is 2.10. The van der Waals surface area contributed by atoms with Crippen LogP contribution in [0, 0.1) is 19.7 Å². The quantitative estimate of drug-likeness (QED) is 0.860. The van der Waals surface area contributed by atoms with E-state index in [0.717, 1.165) is 5.69 Å². The number of hydrogen-bond acceptors (Lipinski definition) is 2. The lowest BCUT2D eigenvalue weighted by Crippen LogP contribution is -2.20. The van der Waals surface area contributed by atoms with Crippen LogP contribution in [0.1, 0.15) is 11.3 Å². The van der Waals surface area contributed by atoms with Crippen LogP contribution >= 0.6 is 15.9 Å². The second-order valence-corrected chi connectivity index (χ2v) is 5.18. The number of anilines is 2. The van der Waals surface area contributed by atoms with Gasteiger partial charge in [-0.1, -0.05) is 12.1 Å². The van der Waals surface area contributed by atoms with Crippen molar-refractivity contribution in [3.05, 3.63) is 52.0 Å². The number of pyridine rings is 1. The normalized spacial score (nSPS) is 10.2. The van der Waals surface area contributed by atoms with E-state index in [1.807, 2.05) is 6.92 Å². The van der Waals surface area contributed by atoms with Crippen molar-refractivity contribution in [3.63, 3.8) is 0 Å². The van der Waals surface area contributed by atoms with E-state index in [1.165, 1.54) is 6.07 Å². The van der Waals surface area contributed by atoms with Gasteiger partial charge >= 0.3 is 6.03 Å². The Kier molecular flexibility index (Phi) is 4.34. The minimum absolute atomic E-state index is 0.143. The van der Waals surface area contributed by atoms with Gasteiger partial charge in [-0.25, -0.2) is 9.18 Å². The summed E-state index contributed by atoms with van der Waals surface area (Å²) in [6.45, 7) is 3.46. The molecular formula is C14H13BrFN3O. The number of amides is 2. The van der Waals surface area contributed by atoms with Crippen LogP contribution in [0.25, 0.3) is 0 Å². The molecule has 0 aliphatic rings. The number of aromatic nitrogens is 1. The van der Waals surface area contributed by atoms with E-state index >= 15 is 0 Å². The topological polar surface area (TPSA) is 54.0 Å². The van der Waals surface area contributed by atoms with Gasteiger partial charge in [0.1, 0.15) is 5.82 Å². The monoisotopic (exact) mass is 337 g/mol. The summed E-state index contributed by atoms with van der Waals surface area (Å²) in [5, 5.41) is 5.12. The molecule has 0 aliphatic carbocycles. The van der Waals surface area contributed by atoms with E-state index < -0.39 is 11.8 Å². The Labute approximate surface area is 124 Å². The molecule has 104 valence electrons. The first-order valence-electron chi connectivity index (χ1n) is 5.92. The predicted molar refractivity (Wildman–Crippen MR) is 80.5 cm³/mol. The zero-order valence-electron chi connectivity index (χ0n) is 11.0. The van der Waals surface area contributed by atoms with Gasteiger partial charge < -0.3 is 10.6 Å². The summed E-state index contributed by atoms with van der Waals surface area (Å²) in [6, 6.07) is 6.04. The lowest BCUT2D eigenvalue weighted by molar-refractivity contribution is 0.262. The zero-order chi connectivity index (χ0) is 14.7. The number of nitrogens with one attached hydrogen (secondary N) is 2. The molecule has 6 heteroatoms. The van der Waals surface area contributed by atoms with Crippen molar-refractivity contribution in [2.45, 2.75) is 13.8 Å². The number of halogens is 2. The van der Waals surface area contributed by atoms with Gasteiger partial charge in [0.05, 0.1) is 15.8 Å². The molecule has 20 heavy (non-hydrogen) atoms. The van der Waals surface area contributed by atoms with Crippen LogP contribution in [0.5, 0.6) is 0 Å². The second kappa shape index (κ2) is 6.00. The van der Waals surface area contributed by atoms with Crippen LogP contribution in [0.3, 0.4) is 0 Å². The number of carbonyl (C=O) groups is 1. The molecule has 2 N–H and O–H groups in total. The number of aryl methyl sites for hydroxylation is 2. The van der Waals surface area contributed by atoms with Crippen molar-refractivity contribution < 1.29 is 9.18 Å². The third kappa shape index (κ3) is 3.33. The van der Waals surface area contributed by atoms with Crippen LogP contribution in [0.4, 0.5) is 20.6 Å². The van der Waals surface area contributed by atoms with Gasteiger partial charge in [-0.3, -0.25) is 4.98 Å². The summed E-state index contributed by atoms with van der Waals surface area (Å²) >= 11 is 3.29. The summed E-state index contributed by atoms with van der Waals surface area (Å²) < 4.78 is 14.4. The van der Waals surface area contributed by atoms with E-state index in [4.69, 9.17) is 0 Å². The SMILES string of the molecule is Cc1cc(NC(=O)Nc2cccc(C)c2F)c(Br)cn1. The number of urea groups is 1. The van der Waals surface area contributed by atoms with Crippen molar-refractivity contribution in [3.8, 4) is 0 Å². The van der Waals surface area contributed by atoms with Gasteiger partial charge in [0.2, 0.25) is 0 Å². The molecule has 0 atom stereocenters. The van der Waals surface area contributed by atoms with Gasteiger partial charge in [-0.15, -0.1) is 0 Å². The maximum atomic E-state index is 13.8. The molecule has 2 rings (SSSR count). The van der Waals surface area contributed by atoms with Crippen molar-refractivity contribution in [1.29, 1.82) is 0 Å². The van der Waals surface area contributed by atoms with E-state index in [9.17, 15) is 9.18 Å². The summed E-state index contributed by atoms with van der Waals surface area (Å²) in [5.74, 6) is -0.437. The van der Waals surface area contributed by atoms with Crippen LogP contribution in [-0.4, -0.2) is 11.0 Å². The minimum Gasteiger partial charge on any atom is -0.306 e. The van der Waals surface area contributed by atoms with Crippen molar-refractivity contribution >= 4 is 33.3 Å². The fourth-order valence-electron chi connectivity index (χ4n) is 1.66. The number of hydrogen-bond donors (Lipinski definition) is 2. The van der Waals surface area contributed by atoms with Crippen molar-refractivity contribution in [2.75, 3.05) is 10.6 Å². The standard InChI is InChI=1S/C14H13BrFN3O/c1-8-4-3-5-11(13(8)16)18-14(20)19-12-6-9(2)17-7-10(12)15/h3-7H,1-2H3,(H2,17,18,19,20). The average Bonchev–Trinajstić information content (AvgIpc) is 2.39. The molecule has 0 spiro atoms. The Hall–Kier alpha value is -1.95. The molecule has 1 heterocycles. The molecule has 0 aliphatic heterocycles. The first-order valence-corrected chi connectivity index (χ1v) is 6.72. The molecule has 1 aromatic carbocycles. The lowest BCUT2D eigenvalue weighted by Gasteiger charge is -2.11. The number of benzene rings is 1. The van der Waals surface area contributed by atoms with Gasteiger partial charge in [0.25, 0.3) is 0 Å². The molecule has 0 bridgehead atoms. The highest BCUT2D eigenvalue weighted by atomic mass is 79.9. The Balaban J connectivity index is 2.13. The van der Waals surface area contributed by atoms with Crippen LogP contribution in [0.2, 0.25) is 0 Å². The zero-order valence-corrected chi connectivity index (χ0v) is 12.6.